The minimum absolute atomic E-state index is 0.712. The average Bonchev–Trinajstić information content (AvgIpc) is 2.58. The molecule has 1 aromatic rings. The Kier molecular flexibility index (Phi) is 4.14. The van der Waals surface area contributed by atoms with Crippen molar-refractivity contribution in [2.75, 3.05) is 5.73 Å². The largest absolute Gasteiger partial charge is 0.375 e. The number of hydrogen-bond acceptors (Lipinski definition) is 4. The Morgan fingerprint density at radius 2 is 2.19 bits per heavy atom. The molecule has 1 fully saturated rings. The topological polar surface area (TPSA) is 38.9 Å². The van der Waals surface area contributed by atoms with E-state index in [9.17, 15) is 0 Å². The summed E-state index contributed by atoms with van der Waals surface area (Å²) in [6, 6.07) is 0. The number of thiazole rings is 1. The molecule has 1 saturated carbocycles. The molecule has 2 unspecified atom stereocenters. The molecule has 0 radical (unpaired) electrons. The molecular weight excluding hydrogens is 236 g/mol. The molecule has 2 nitrogen and oxygen atoms in total. The van der Waals surface area contributed by atoms with Crippen molar-refractivity contribution in [2.45, 2.75) is 55.4 Å². The molecule has 1 aromatic heterocycles. The number of aromatic nitrogens is 1. The number of nitrogens with two attached hydrogens (primary N) is 1. The maximum absolute atomic E-state index is 5.75. The molecular formula is C12H20N2S2. The fraction of sp³-hybridized carbons (Fsp3) is 0.750. The van der Waals surface area contributed by atoms with Crippen LogP contribution in [0.15, 0.2) is 4.21 Å². The summed E-state index contributed by atoms with van der Waals surface area (Å²) in [6.45, 7) is 4.39. The summed E-state index contributed by atoms with van der Waals surface area (Å²) in [6.07, 6.45) is 6.88. The van der Waals surface area contributed by atoms with Gasteiger partial charge in [-0.25, -0.2) is 4.98 Å². The summed E-state index contributed by atoms with van der Waals surface area (Å²) in [4.78, 5) is 4.30. The predicted molar refractivity (Wildman–Crippen MR) is 73.2 cm³/mol. The third kappa shape index (κ3) is 2.72. The summed E-state index contributed by atoms with van der Waals surface area (Å²) >= 11 is 3.67. The molecule has 2 atom stereocenters. The molecule has 0 aromatic carbocycles. The SMILES string of the molecule is CCC1CCCCC1Sc1sc(N)nc1C. The van der Waals surface area contributed by atoms with Gasteiger partial charge in [0.1, 0.15) is 0 Å². The highest BCUT2D eigenvalue weighted by Crippen LogP contribution is 2.42. The second kappa shape index (κ2) is 5.41. The van der Waals surface area contributed by atoms with Gasteiger partial charge in [-0.05, 0) is 25.7 Å². The Labute approximate surface area is 106 Å². The third-order valence-corrected chi connectivity index (χ3v) is 6.15. The summed E-state index contributed by atoms with van der Waals surface area (Å²) < 4.78 is 1.34. The second-order valence-corrected chi connectivity index (χ2v) is 7.07. The van der Waals surface area contributed by atoms with Crippen LogP contribution in [-0.2, 0) is 0 Å². The van der Waals surface area contributed by atoms with Crippen LogP contribution in [0.3, 0.4) is 0 Å². The van der Waals surface area contributed by atoms with Gasteiger partial charge in [-0.1, -0.05) is 37.5 Å². The predicted octanol–water partition coefficient (Wildman–Crippen LogP) is 4.09. The highest BCUT2D eigenvalue weighted by Gasteiger charge is 2.25. The lowest BCUT2D eigenvalue weighted by Crippen LogP contribution is -2.20. The summed E-state index contributed by atoms with van der Waals surface area (Å²) in [7, 11) is 0. The quantitative estimate of drug-likeness (QED) is 0.885. The Balaban J connectivity index is 2.04. The number of rotatable bonds is 3. The first-order valence-corrected chi connectivity index (χ1v) is 7.80. The molecule has 0 saturated heterocycles. The Morgan fingerprint density at radius 1 is 1.44 bits per heavy atom. The molecule has 0 spiro atoms. The van der Waals surface area contributed by atoms with Gasteiger partial charge < -0.3 is 5.73 Å². The molecule has 4 heteroatoms. The Morgan fingerprint density at radius 3 is 2.81 bits per heavy atom. The van der Waals surface area contributed by atoms with Crippen molar-refractivity contribution in [1.29, 1.82) is 0 Å². The van der Waals surface area contributed by atoms with E-state index >= 15 is 0 Å². The van der Waals surface area contributed by atoms with E-state index in [1.807, 2.05) is 11.8 Å². The van der Waals surface area contributed by atoms with Crippen molar-refractivity contribution in [3.8, 4) is 0 Å². The van der Waals surface area contributed by atoms with Crippen molar-refractivity contribution in [1.82, 2.24) is 4.98 Å². The van der Waals surface area contributed by atoms with Crippen LogP contribution in [0.1, 0.15) is 44.7 Å². The fourth-order valence-electron chi connectivity index (χ4n) is 2.45. The van der Waals surface area contributed by atoms with Crippen LogP contribution >= 0.6 is 23.1 Å². The molecule has 1 heterocycles. The maximum Gasteiger partial charge on any atom is 0.181 e. The van der Waals surface area contributed by atoms with Gasteiger partial charge in [0.25, 0.3) is 0 Å². The zero-order valence-electron chi connectivity index (χ0n) is 10.0. The van der Waals surface area contributed by atoms with E-state index in [1.165, 1.54) is 36.3 Å². The molecule has 2 N–H and O–H groups in total. The second-order valence-electron chi connectivity index (χ2n) is 4.53. The van der Waals surface area contributed by atoms with Crippen LogP contribution in [0.5, 0.6) is 0 Å². The van der Waals surface area contributed by atoms with Crippen LogP contribution in [0, 0.1) is 12.8 Å². The summed E-state index contributed by atoms with van der Waals surface area (Å²) in [5.41, 5.74) is 6.86. The molecule has 1 aliphatic carbocycles. The van der Waals surface area contributed by atoms with Crippen LogP contribution < -0.4 is 5.73 Å². The maximum atomic E-state index is 5.75. The molecule has 0 aliphatic heterocycles. The first-order chi connectivity index (χ1) is 7.70. The zero-order valence-corrected chi connectivity index (χ0v) is 11.7. The molecule has 1 aliphatic rings. The van der Waals surface area contributed by atoms with E-state index in [4.69, 9.17) is 5.73 Å². The standard InChI is InChI=1S/C12H20N2S2/c1-3-9-6-4-5-7-10(9)15-11-8(2)14-12(13)16-11/h9-10H,3-7H2,1-2H3,(H2,13,14). The molecule has 90 valence electrons. The Hall–Kier alpha value is -0.220. The average molecular weight is 256 g/mol. The van der Waals surface area contributed by atoms with Gasteiger partial charge in [0.2, 0.25) is 0 Å². The number of nitrogen functional groups attached to an aromatic ring is 1. The highest BCUT2D eigenvalue weighted by atomic mass is 32.2. The van der Waals surface area contributed by atoms with Crippen molar-refractivity contribution in [3.05, 3.63) is 5.69 Å². The Bertz CT molecular complexity index is 349. The molecule has 0 amide bonds. The van der Waals surface area contributed by atoms with Crippen molar-refractivity contribution in [2.24, 2.45) is 5.92 Å². The highest BCUT2D eigenvalue weighted by molar-refractivity contribution is 8.01. The van der Waals surface area contributed by atoms with E-state index in [2.05, 4.69) is 18.8 Å². The van der Waals surface area contributed by atoms with Crippen molar-refractivity contribution < 1.29 is 0 Å². The number of anilines is 1. The smallest absolute Gasteiger partial charge is 0.181 e. The van der Waals surface area contributed by atoms with Gasteiger partial charge in [0, 0.05) is 5.25 Å². The number of nitrogens with zero attached hydrogens (tertiary/aromatic N) is 1. The zero-order chi connectivity index (χ0) is 11.5. The van der Waals surface area contributed by atoms with Gasteiger partial charge in [0.05, 0.1) is 9.90 Å². The third-order valence-electron chi connectivity index (χ3n) is 3.39. The van der Waals surface area contributed by atoms with E-state index < -0.39 is 0 Å². The number of thioether (sulfide) groups is 1. The van der Waals surface area contributed by atoms with E-state index in [0.717, 1.165) is 16.9 Å². The number of aryl methyl sites for hydroxylation is 1. The van der Waals surface area contributed by atoms with E-state index in [1.54, 1.807) is 11.3 Å². The van der Waals surface area contributed by atoms with E-state index in [0.29, 0.717) is 5.13 Å². The molecule has 16 heavy (non-hydrogen) atoms. The van der Waals surface area contributed by atoms with Gasteiger partial charge in [-0.3, -0.25) is 0 Å². The molecule has 0 bridgehead atoms. The monoisotopic (exact) mass is 256 g/mol. The van der Waals surface area contributed by atoms with E-state index in [-0.39, 0.29) is 0 Å². The lowest BCUT2D eigenvalue weighted by molar-refractivity contribution is 0.361. The fourth-order valence-corrected chi connectivity index (χ4v) is 5.13. The van der Waals surface area contributed by atoms with Crippen LogP contribution in [0.25, 0.3) is 0 Å². The van der Waals surface area contributed by atoms with Gasteiger partial charge in [-0.15, -0.1) is 11.8 Å². The molecule has 2 rings (SSSR count). The van der Waals surface area contributed by atoms with Crippen LogP contribution in [-0.4, -0.2) is 10.2 Å². The summed E-state index contributed by atoms with van der Waals surface area (Å²) in [5.74, 6) is 0.890. The normalized spacial score (nSPS) is 25.9. The minimum Gasteiger partial charge on any atom is -0.375 e. The van der Waals surface area contributed by atoms with Gasteiger partial charge in [0.15, 0.2) is 5.13 Å². The lowest BCUT2D eigenvalue weighted by Gasteiger charge is -2.29. The van der Waals surface area contributed by atoms with Crippen molar-refractivity contribution >= 4 is 28.2 Å². The first-order valence-electron chi connectivity index (χ1n) is 6.10. The number of hydrogen-bond donors (Lipinski definition) is 1. The van der Waals surface area contributed by atoms with Gasteiger partial charge in [-0.2, -0.15) is 0 Å². The van der Waals surface area contributed by atoms with Gasteiger partial charge >= 0.3 is 0 Å². The van der Waals surface area contributed by atoms with Crippen LogP contribution in [0.4, 0.5) is 5.13 Å². The summed E-state index contributed by atoms with van der Waals surface area (Å²) in [5, 5.41) is 1.50. The van der Waals surface area contributed by atoms with Crippen LogP contribution in [0.2, 0.25) is 0 Å². The first kappa shape index (κ1) is 12.2. The van der Waals surface area contributed by atoms with Crippen molar-refractivity contribution in [3.63, 3.8) is 0 Å². The lowest BCUT2D eigenvalue weighted by atomic mass is 9.87. The minimum atomic E-state index is 0.712.